The van der Waals surface area contributed by atoms with Crippen LogP contribution in [0.2, 0.25) is 0 Å². The molecule has 0 bridgehead atoms. The molecule has 104 valence electrons. The molecule has 0 saturated heterocycles. The van der Waals surface area contributed by atoms with Crippen molar-refractivity contribution in [2.75, 3.05) is 20.8 Å². The van der Waals surface area contributed by atoms with E-state index in [2.05, 4.69) is 10.1 Å². The number of nitrogens with one attached hydrogen (secondary N) is 1. The molecule has 0 radical (unpaired) electrons. The van der Waals surface area contributed by atoms with Crippen LogP contribution in [0.25, 0.3) is 0 Å². The van der Waals surface area contributed by atoms with Gasteiger partial charge in [0.05, 0.1) is 26.2 Å². The molecule has 1 aromatic carbocycles. The van der Waals surface area contributed by atoms with Crippen LogP contribution in [0.3, 0.4) is 0 Å². The summed E-state index contributed by atoms with van der Waals surface area (Å²) in [5, 5.41) is 2.65. The summed E-state index contributed by atoms with van der Waals surface area (Å²) in [7, 11) is 2.79. The fourth-order valence-corrected chi connectivity index (χ4v) is 1.52. The minimum absolute atomic E-state index is 0.0582. The molecular weight excluding hydrogens is 248 g/mol. The third-order valence-electron chi connectivity index (χ3n) is 2.53. The molecule has 0 unspecified atom stereocenters. The number of esters is 1. The molecule has 1 atom stereocenters. The van der Waals surface area contributed by atoms with E-state index in [-0.39, 0.29) is 18.9 Å². The second-order valence-electron chi connectivity index (χ2n) is 3.95. The minimum Gasteiger partial charge on any atom is -0.496 e. The zero-order chi connectivity index (χ0) is 14.3. The standard InChI is InChI=1S/C13H18N2O4/c1-18-11-6-4-3-5-10(11)13(17)15-8-9(14)7-12(16)19-2/h3-6,9H,7-8,14H2,1-2H3,(H,15,17)/t9-/m1/s1. The Balaban J connectivity index is 2.53. The summed E-state index contributed by atoms with van der Waals surface area (Å²) in [5.74, 6) is -0.210. The summed E-state index contributed by atoms with van der Waals surface area (Å²) in [4.78, 5) is 22.9. The average Bonchev–Trinajstić information content (AvgIpc) is 2.44. The topological polar surface area (TPSA) is 90.6 Å². The Kier molecular flexibility index (Phi) is 5.81. The highest BCUT2D eigenvalue weighted by molar-refractivity contribution is 5.96. The van der Waals surface area contributed by atoms with Crippen LogP contribution < -0.4 is 15.8 Å². The quantitative estimate of drug-likeness (QED) is 0.723. The number of benzene rings is 1. The molecule has 0 spiro atoms. The minimum atomic E-state index is -0.480. The van der Waals surface area contributed by atoms with E-state index < -0.39 is 12.0 Å². The first-order valence-corrected chi connectivity index (χ1v) is 5.82. The van der Waals surface area contributed by atoms with Gasteiger partial charge in [0.2, 0.25) is 0 Å². The van der Waals surface area contributed by atoms with E-state index >= 15 is 0 Å². The average molecular weight is 266 g/mol. The Morgan fingerprint density at radius 1 is 1.32 bits per heavy atom. The van der Waals surface area contributed by atoms with E-state index in [1.54, 1.807) is 24.3 Å². The summed E-state index contributed by atoms with van der Waals surface area (Å²) in [5.41, 5.74) is 6.13. The number of para-hydroxylation sites is 1. The number of ether oxygens (including phenoxy) is 2. The first kappa shape index (κ1) is 15.0. The number of hydrogen-bond donors (Lipinski definition) is 2. The lowest BCUT2D eigenvalue weighted by molar-refractivity contribution is -0.140. The van der Waals surface area contributed by atoms with Crippen LogP contribution in [-0.2, 0) is 9.53 Å². The van der Waals surface area contributed by atoms with Gasteiger partial charge in [0.25, 0.3) is 5.91 Å². The van der Waals surface area contributed by atoms with Crippen LogP contribution in [0.4, 0.5) is 0 Å². The van der Waals surface area contributed by atoms with Crippen molar-refractivity contribution in [3.63, 3.8) is 0 Å². The third kappa shape index (κ3) is 4.59. The molecule has 0 aliphatic heterocycles. The zero-order valence-electron chi connectivity index (χ0n) is 11.0. The lowest BCUT2D eigenvalue weighted by atomic mass is 10.1. The van der Waals surface area contributed by atoms with E-state index in [0.717, 1.165) is 0 Å². The number of rotatable bonds is 6. The molecule has 1 amide bonds. The largest absolute Gasteiger partial charge is 0.496 e. The van der Waals surface area contributed by atoms with Gasteiger partial charge in [0.1, 0.15) is 5.75 Å². The fourth-order valence-electron chi connectivity index (χ4n) is 1.52. The van der Waals surface area contributed by atoms with Gasteiger partial charge in [-0.15, -0.1) is 0 Å². The molecule has 6 heteroatoms. The summed E-state index contributed by atoms with van der Waals surface area (Å²) in [6.07, 6.45) is 0.0582. The first-order chi connectivity index (χ1) is 9.08. The second kappa shape index (κ2) is 7.38. The highest BCUT2D eigenvalue weighted by Crippen LogP contribution is 2.16. The van der Waals surface area contributed by atoms with Crippen LogP contribution >= 0.6 is 0 Å². The number of hydrogen-bond acceptors (Lipinski definition) is 5. The molecular formula is C13H18N2O4. The highest BCUT2D eigenvalue weighted by atomic mass is 16.5. The predicted molar refractivity (Wildman–Crippen MR) is 69.9 cm³/mol. The number of methoxy groups -OCH3 is 2. The molecule has 1 aromatic rings. The van der Waals surface area contributed by atoms with Gasteiger partial charge in [-0.1, -0.05) is 12.1 Å². The Morgan fingerprint density at radius 2 is 2.00 bits per heavy atom. The number of carbonyl (C=O) groups is 2. The van der Waals surface area contributed by atoms with Crippen molar-refractivity contribution in [1.82, 2.24) is 5.32 Å². The number of nitrogens with two attached hydrogens (primary N) is 1. The van der Waals surface area contributed by atoms with Crippen LogP contribution in [0, 0.1) is 0 Å². The highest BCUT2D eigenvalue weighted by Gasteiger charge is 2.14. The normalized spacial score (nSPS) is 11.5. The van der Waals surface area contributed by atoms with Gasteiger partial charge in [0, 0.05) is 12.6 Å². The van der Waals surface area contributed by atoms with Crippen molar-refractivity contribution in [3.8, 4) is 5.75 Å². The van der Waals surface area contributed by atoms with Gasteiger partial charge in [-0.3, -0.25) is 9.59 Å². The van der Waals surface area contributed by atoms with E-state index in [0.29, 0.717) is 11.3 Å². The van der Waals surface area contributed by atoms with Crippen LogP contribution in [0.1, 0.15) is 16.8 Å². The predicted octanol–water partition coefficient (Wildman–Crippen LogP) is 0.315. The number of carbonyl (C=O) groups excluding carboxylic acids is 2. The molecule has 6 nitrogen and oxygen atoms in total. The maximum atomic E-state index is 11.9. The zero-order valence-corrected chi connectivity index (χ0v) is 11.0. The van der Waals surface area contributed by atoms with Crippen LogP contribution in [0.5, 0.6) is 5.75 Å². The smallest absolute Gasteiger partial charge is 0.307 e. The van der Waals surface area contributed by atoms with Crippen LogP contribution in [-0.4, -0.2) is 38.7 Å². The van der Waals surface area contributed by atoms with Crippen molar-refractivity contribution >= 4 is 11.9 Å². The fraction of sp³-hybridized carbons (Fsp3) is 0.385. The molecule has 0 fully saturated rings. The molecule has 0 aromatic heterocycles. The summed E-state index contributed by atoms with van der Waals surface area (Å²) in [6, 6.07) is 6.39. The number of amides is 1. The van der Waals surface area contributed by atoms with E-state index in [1.807, 2.05) is 0 Å². The molecule has 0 aliphatic rings. The van der Waals surface area contributed by atoms with Gasteiger partial charge >= 0.3 is 5.97 Å². The lowest BCUT2D eigenvalue weighted by Crippen LogP contribution is -2.38. The Bertz CT molecular complexity index is 448. The lowest BCUT2D eigenvalue weighted by Gasteiger charge is -2.13. The maximum absolute atomic E-state index is 11.9. The van der Waals surface area contributed by atoms with Gasteiger partial charge in [-0.2, -0.15) is 0 Å². The molecule has 19 heavy (non-hydrogen) atoms. The molecule has 0 saturated carbocycles. The van der Waals surface area contributed by atoms with Crippen LogP contribution in [0.15, 0.2) is 24.3 Å². The third-order valence-corrected chi connectivity index (χ3v) is 2.53. The SMILES string of the molecule is COC(=O)C[C@@H](N)CNC(=O)c1ccccc1OC. The van der Waals surface area contributed by atoms with Crippen molar-refractivity contribution in [2.24, 2.45) is 5.73 Å². The maximum Gasteiger partial charge on any atom is 0.307 e. The molecule has 0 aliphatic carbocycles. The van der Waals surface area contributed by atoms with Gasteiger partial charge < -0.3 is 20.5 Å². The van der Waals surface area contributed by atoms with Gasteiger partial charge in [-0.25, -0.2) is 0 Å². The van der Waals surface area contributed by atoms with Crippen molar-refractivity contribution in [2.45, 2.75) is 12.5 Å². The van der Waals surface area contributed by atoms with Gasteiger partial charge in [0.15, 0.2) is 0 Å². The summed E-state index contributed by atoms with van der Waals surface area (Å²) < 4.78 is 9.59. The first-order valence-electron chi connectivity index (χ1n) is 5.82. The van der Waals surface area contributed by atoms with E-state index in [9.17, 15) is 9.59 Å². The Labute approximate surface area is 111 Å². The molecule has 0 heterocycles. The van der Waals surface area contributed by atoms with Crippen molar-refractivity contribution in [1.29, 1.82) is 0 Å². The second-order valence-corrected chi connectivity index (χ2v) is 3.95. The monoisotopic (exact) mass is 266 g/mol. The van der Waals surface area contributed by atoms with E-state index in [1.165, 1.54) is 14.2 Å². The van der Waals surface area contributed by atoms with Crippen molar-refractivity contribution in [3.05, 3.63) is 29.8 Å². The van der Waals surface area contributed by atoms with Gasteiger partial charge in [-0.05, 0) is 12.1 Å². The summed E-state index contributed by atoms with van der Waals surface area (Å²) >= 11 is 0. The van der Waals surface area contributed by atoms with E-state index in [4.69, 9.17) is 10.5 Å². The molecule has 3 N–H and O–H groups in total. The summed E-state index contributed by atoms with van der Waals surface area (Å²) in [6.45, 7) is 0.186. The molecule has 1 rings (SSSR count). The van der Waals surface area contributed by atoms with Crippen molar-refractivity contribution < 1.29 is 19.1 Å². The Hall–Kier alpha value is -2.08. The Morgan fingerprint density at radius 3 is 2.63 bits per heavy atom.